The highest BCUT2D eigenvalue weighted by molar-refractivity contribution is 5.91. The zero-order valence-corrected chi connectivity index (χ0v) is 21.8. The molecule has 3 aromatic carbocycles. The van der Waals surface area contributed by atoms with E-state index in [0.717, 1.165) is 57.9 Å². The predicted octanol–water partition coefficient (Wildman–Crippen LogP) is 5.84. The Morgan fingerprint density at radius 3 is 2.66 bits per heavy atom. The number of carbonyl (C=O) groups is 2. The second-order valence-corrected chi connectivity index (χ2v) is 10.7. The first-order chi connectivity index (χ1) is 18.5. The Morgan fingerprint density at radius 2 is 1.84 bits per heavy atom. The van der Waals surface area contributed by atoms with Crippen LogP contribution in [0, 0.1) is 11.7 Å². The van der Waals surface area contributed by atoms with Crippen molar-refractivity contribution in [3.8, 4) is 0 Å². The number of amides is 1. The van der Waals surface area contributed by atoms with E-state index in [1.807, 2.05) is 22.8 Å². The zero-order chi connectivity index (χ0) is 26.2. The van der Waals surface area contributed by atoms with Gasteiger partial charge in [-0.2, -0.15) is 0 Å². The van der Waals surface area contributed by atoms with Crippen LogP contribution in [0.5, 0.6) is 0 Å². The number of hydrogen-bond acceptors (Lipinski definition) is 3. The highest BCUT2D eigenvalue weighted by Crippen LogP contribution is 2.37. The average Bonchev–Trinajstić information content (AvgIpc) is 3.70. The Balaban J connectivity index is 1.31. The predicted molar refractivity (Wildman–Crippen MR) is 146 cm³/mol. The first-order valence-electron chi connectivity index (χ1n) is 13.7. The van der Waals surface area contributed by atoms with Crippen molar-refractivity contribution in [3.05, 3.63) is 83.3 Å². The minimum absolute atomic E-state index is 0.0514. The van der Waals surface area contributed by atoms with Crippen molar-refractivity contribution in [2.45, 2.75) is 58.0 Å². The van der Waals surface area contributed by atoms with Crippen molar-refractivity contribution in [3.63, 3.8) is 0 Å². The molecule has 6 rings (SSSR count). The standard InChI is InChI=1S/C32H33FN2O3/c1-2-38-32(37)20-35-29-14-12-24(33)17-27(29)28-18-25(13-15-30(28)35)34(19-21-10-11-21)31(36)16-23-8-5-7-22-6-3-4-9-26(22)23/h3-9,12,14,17,21,25H,2,10-11,13,15-16,18-20H2,1H3/t25-/m0/s1. The summed E-state index contributed by atoms with van der Waals surface area (Å²) >= 11 is 0. The highest BCUT2D eigenvalue weighted by atomic mass is 19.1. The summed E-state index contributed by atoms with van der Waals surface area (Å²) in [5.41, 5.74) is 4.01. The van der Waals surface area contributed by atoms with Gasteiger partial charge in [-0.05, 0) is 85.0 Å². The van der Waals surface area contributed by atoms with Crippen LogP contribution in [0.2, 0.25) is 0 Å². The third-order valence-corrected chi connectivity index (χ3v) is 8.13. The van der Waals surface area contributed by atoms with Crippen LogP contribution in [0.3, 0.4) is 0 Å². The maximum atomic E-state index is 14.4. The average molecular weight is 513 g/mol. The van der Waals surface area contributed by atoms with Crippen LogP contribution < -0.4 is 0 Å². The number of halogens is 1. The van der Waals surface area contributed by atoms with E-state index in [-0.39, 0.29) is 30.3 Å². The lowest BCUT2D eigenvalue weighted by molar-refractivity contribution is -0.143. The topological polar surface area (TPSA) is 51.5 Å². The molecule has 0 aliphatic heterocycles. The van der Waals surface area contributed by atoms with E-state index in [4.69, 9.17) is 4.74 Å². The van der Waals surface area contributed by atoms with E-state index in [2.05, 4.69) is 29.2 Å². The molecule has 0 saturated heterocycles. The zero-order valence-electron chi connectivity index (χ0n) is 21.8. The molecule has 1 fully saturated rings. The second-order valence-electron chi connectivity index (χ2n) is 10.7. The molecule has 1 amide bonds. The maximum Gasteiger partial charge on any atom is 0.325 e. The van der Waals surface area contributed by atoms with Gasteiger partial charge in [0.15, 0.2) is 0 Å². The molecule has 1 aromatic heterocycles. The highest BCUT2D eigenvalue weighted by Gasteiger charge is 2.35. The monoisotopic (exact) mass is 512 g/mol. The summed E-state index contributed by atoms with van der Waals surface area (Å²) in [4.78, 5) is 28.4. The molecule has 5 nitrogen and oxygen atoms in total. The van der Waals surface area contributed by atoms with E-state index in [1.165, 1.54) is 18.9 Å². The normalized spacial score (nSPS) is 16.9. The molecular formula is C32H33FN2O3. The molecular weight excluding hydrogens is 479 g/mol. The number of rotatable bonds is 8. The number of aromatic nitrogens is 1. The van der Waals surface area contributed by atoms with Crippen molar-refractivity contribution in [2.75, 3.05) is 13.2 Å². The Hall–Kier alpha value is -3.67. The lowest BCUT2D eigenvalue weighted by Crippen LogP contribution is -2.45. The van der Waals surface area contributed by atoms with Crippen molar-refractivity contribution in [1.82, 2.24) is 9.47 Å². The van der Waals surface area contributed by atoms with Crippen molar-refractivity contribution >= 4 is 33.6 Å². The van der Waals surface area contributed by atoms with Crippen molar-refractivity contribution in [1.29, 1.82) is 0 Å². The summed E-state index contributed by atoms with van der Waals surface area (Å²) in [5, 5.41) is 3.10. The van der Waals surface area contributed by atoms with Crippen LogP contribution in [0.25, 0.3) is 21.7 Å². The van der Waals surface area contributed by atoms with E-state index in [9.17, 15) is 14.0 Å². The third-order valence-electron chi connectivity index (χ3n) is 8.13. The fourth-order valence-corrected chi connectivity index (χ4v) is 6.13. The van der Waals surface area contributed by atoms with Gasteiger partial charge < -0.3 is 14.2 Å². The summed E-state index contributed by atoms with van der Waals surface area (Å²) in [6.45, 7) is 3.01. The van der Waals surface area contributed by atoms with Crippen LogP contribution in [0.1, 0.15) is 43.0 Å². The van der Waals surface area contributed by atoms with Gasteiger partial charge in [0.05, 0.1) is 13.0 Å². The Morgan fingerprint density at radius 1 is 1.03 bits per heavy atom. The van der Waals surface area contributed by atoms with Gasteiger partial charge in [0.2, 0.25) is 5.91 Å². The second kappa shape index (κ2) is 10.2. The van der Waals surface area contributed by atoms with Gasteiger partial charge in [0.25, 0.3) is 0 Å². The summed E-state index contributed by atoms with van der Waals surface area (Å²) in [5.74, 6) is 0.135. The quantitative estimate of drug-likeness (QED) is 0.279. The smallest absolute Gasteiger partial charge is 0.325 e. The number of hydrogen-bond donors (Lipinski definition) is 0. The molecule has 38 heavy (non-hydrogen) atoms. The molecule has 2 aliphatic rings. The van der Waals surface area contributed by atoms with Gasteiger partial charge in [-0.15, -0.1) is 0 Å². The number of esters is 1. The molecule has 196 valence electrons. The van der Waals surface area contributed by atoms with E-state index >= 15 is 0 Å². The van der Waals surface area contributed by atoms with Crippen molar-refractivity contribution in [2.24, 2.45) is 5.92 Å². The van der Waals surface area contributed by atoms with Crippen LogP contribution in [-0.4, -0.2) is 40.5 Å². The molecule has 1 atom stereocenters. The van der Waals surface area contributed by atoms with E-state index < -0.39 is 0 Å². The van der Waals surface area contributed by atoms with Crippen molar-refractivity contribution < 1.29 is 18.7 Å². The molecule has 0 spiro atoms. The minimum atomic E-state index is -0.294. The number of fused-ring (bicyclic) bond motifs is 4. The van der Waals surface area contributed by atoms with E-state index in [1.54, 1.807) is 19.1 Å². The minimum Gasteiger partial charge on any atom is -0.465 e. The summed E-state index contributed by atoms with van der Waals surface area (Å²) in [6.07, 6.45) is 4.93. The van der Waals surface area contributed by atoms with Crippen LogP contribution >= 0.6 is 0 Å². The largest absolute Gasteiger partial charge is 0.465 e. The number of benzene rings is 3. The Kier molecular flexibility index (Phi) is 6.64. The molecule has 0 unspecified atom stereocenters. The van der Waals surface area contributed by atoms with Crippen LogP contribution in [-0.2, 0) is 40.1 Å². The lowest BCUT2D eigenvalue weighted by atomic mass is 9.89. The molecule has 6 heteroatoms. The maximum absolute atomic E-state index is 14.4. The van der Waals surface area contributed by atoms with Gasteiger partial charge in [-0.1, -0.05) is 42.5 Å². The SMILES string of the molecule is CCOC(=O)Cn1c2c(c3cc(F)ccc31)C[C@@H](N(CC1CC1)C(=O)Cc1cccc3ccccc13)CC2. The molecule has 0 radical (unpaired) electrons. The molecule has 0 bridgehead atoms. The van der Waals surface area contributed by atoms with Gasteiger partial charge in [0.1, 0.15) is 12.4 Å². The molecule has 2 aliphatic carbocycles. The molecule has 1 heterocycles. The van der Waals surface area contributed by atoms with Gasteiger partial charge in [-0.3, -0.25) is 9.59 Å². The van der Waals surface area contributed by atoms with Gasteiger partial charge in [0, 0.05) is 29.2 Å². The molecule has 0 N–H and O–H groups in total. The van der Waals surface area contributed by atoms with E-state index in [0.29, 0.717) is 25.4 Å². The van der Waals surface area contributed by atoms with Gasteiger partial charge in [-0.25, -0.2) is 4.39 Å². The fraction of sp³-hybridized carbons (Fsp3) is 0.375. The number of nitrogens with zero attached hydrogens (tertiary/aromatic N) is 2. The van der Waals surface area contributed by atoms with Crippen LogP contribution in [0.15, 0.2) is 60.7 Å². The lowest BCUT2D eigenvalue weighted by Gasteiger charge is -2.35. The first-order valence-corrected chi connectivity index (χ1v) is 13.7. The first kappa shape index (κ1) is 24.7. The Labute approximate surface area is 222 Å². The third kappa shape index (κ3) is 4.80. The fourth-order valence-electron chi connectivity index (χ4n) is 6.13. The van der Waals surface area contributed by atoms with Crippen LogP contribution in [0.4, 0.5) is 4.39 Å². The Bertz CT molecular complexity index is 1510. The molecule has 1 saturated carbocycles. The van der Waals surface area contributed by atoms with Gasteiger partial charge >= 0.3 is 5.97 Å². The number of ether oxygens (including phenoxy) is 1. The summed E-state index contributed by atoms with van der Waals surface area (Å²) < 4.78 is 21.6. The number of carbonyl (C=O) groups excluding carboxylic acids is 2. The summed E-state index contributed by atoms with van der Waals surface area (Å²) in [7, 11) is 0. The summed E-state index contributed by atoms with van der Waals surface area (Å²) in [6, 6.07) is 19.2. The molecule has 4 aromatic rings.